The summed E-state index contributed by atoms with van der Waals surface area (Å²) in [5.74, 6) is 1.22. The minimum Gasteiger partial charge on any atom is -0.497 e. The number of ether oxygens (including phenoxy) is 3. The average Bonchev–Trinajstić information content (AvgIpc) is 2.70. The van der Waals surface area contributed by atoms with Crippen LogP contribution in [0, 0.1) is 0 Å². The molecule has 7 nitrogen and oxygen atoms in total. The Morgan fingerprint density at radius 1 is 0.963 bits per heavy atom. The predicted octanol–water partition coefficient (Wildman–Crippen LogP) is 2.50. The molecule has 0 saturated heterocycles. The largest absolute Gasteiger partial charge is 0.497 e. The Bertz CT molecular complexity index is 784. The molecule has 144 valence electrons. The molecule has 2 aromatic carbocycles. The lowest BCUT2D eigenvalue weighted by Crippen LogP contribution is -2.37. The molecule has 0 radical (unpaired) electrons. The van der Waals surface area contributed by atoms with Crippen molar-refractivity contribution < 1.29 is 23.8 Å². The van der Waals surface area contributed by atoms with E-state index in [-0.39, 0.29) is 18.4 Å². The molecule has 27 heavy (non-hydrogen) atoms. The molecular weight excluding hydrogens is 348 g/mol. The van der Waals surface area contributed by atoms with Crippen molar-refractivity contribution in [3.8, 4) is 17.2 Å². The molecule has 0 spiro atoms. The quantitative estimate of drug-likeness (QED) is 0.770. The lowest BCUT2D eigenvalue weighted by molar-refractivity contribution is -0.116. The van der Waals surface area contributed by atoms with Crippen molar-refractivity contribution >= 4 is 17.5 Å². The molecule has 0 unspecified atom stereocenters. The van der Waals surface area contributed by atoms with E-state index in [1.54, 1.807) is 42.3 Å². The number of hydrogen-bond donors (Lipinski definition) is 1. The highest BCUT2D eigenvalue weighted by Crippen LogP contribution is 2.27. The topological polar surface area (TPSA) is 77.1 Å². The standard InChI is InChI=1S/C20H24N2O5/c1-14(23)22(18-7-5-6-8-19(18)27-4)10-9-21-20(24)15-11-16(25-2)13-17(12-15)26-3/h5-8,11-13H,9-10H2,1-4H3,(H,21,24). The van der Waals surface area contributed by atoms with Crippen LogP contribution in [0.4, 0.5) is 5.69 Å². The van der Waals surface area contributed by atoms with Crippen LogP contribution in [0.15, 0.2) is 42.5 Å². The second-order valence-electron chi connectivity index (χ2n) is 5.70. The number of carbonyl (C=O) groups is 2. The van der Waals surface area contributed by atoms with Gasteiger partial charge in [0.1, 0.15) is 17.2 Å². The molecule has 2 rings (SSSR count). The molecule has 0 bridgehead atoms. The summed E-state index contributed by atoms with van der Waals surface area (Å²) < 4.78 is 15.7. The van der Waals surface area contributed by atoms with E-state index in [4.69, 9.17) is 14.2 Å². The lowest BCUT2D eigenvalue weighted by atomic mass is 10.2. The molecule has 7 heteroatoms. The van der Waals surface area contributed by atoms with E-state index < -0.39 is 0 Å². The molecule has 0 atom stereocenters. The molecular formula is C20H24N2O5. The minimum absolute atomic E-state index is 0.142. The van der Waals surface area contributed by atoms with E-state index in [2.05, 4.69) is 5.32 Å². The SMILES string of the molecule is COc1cc(OC)cc(C(=O)NCCN(C(C)=O)c2ccccc2OC)c1. The zero-order valence-corrected chi connectivity index (χ0v) is 15.9. The molecule has 1 N–H and O–H groups in total. The smallest absolute Gasteiger partial charge is 0.251 e. The van der Waals surface area contributed by atoms with Crippen molar-refractivity contribution in [2.45, 2.75) is 6.92 Å². The van der Waals surface area contributed by atoms with Crippen molar-refractivity contribution in [3.05, 3.63) is 48.0 Å². The van der Waals surface area contributed by atoms with Crippen molar-refractivity contribution in [3.63, 3.8) is 0 Å². The number of amides is 2. The molecule has 0 saturated carbocycles. The van der Waals surface area contributed by atoms with Gasteiger partial charge in [-0.3, -0.25) is 9.59 Å². The Hall–Kier alpha value is -3.22. The van der Waals surface area contributed by atoms with Crippen LogP contribution in [0.3, 0.4) is 0 Å². The Balaban J connectivity index is 2.07. The first kappa shape index (κ1) is 20.1. The summed E-state index contributed by atoms with van der Waals surface area (Å²) in [6.07, 6.45) is 0. The van der Waals surface area contributed by atoms with Gasteiger partial charge in [-0.2, -0.15) is 0 Å². The summed E-state index contributed by atoms with van der Waals surface area (Å²) in [5, 5.41) is 2.81. The number of nitrogens with one attached hydrogen (secondary N) is 1. The van der Waals surface area contributed by atoms with Crippen molar-refractivity contribution in [2.24, 2.45) is 0 Å². The Morgan fingerprint density at radius 3 is 2.15 bits per heavy atom. The number of nitrogens with zero attached hydrogens (tertiary/aromatic N) is 1. The van der Waals surface area contributed by atoms with Gasteiger partial charge in [0.05, 0.1) is 27.0 Å². The highest BCUT2D eigenvalue weighted by atomic mass is 16.5. The first-order valence-electron chi connectivity index (χ1n) is 8.42. The molecule has 0 fully saturated rings. The van der Waals surface area contributed by atoms with Gasteiger partial charge in [-0.15, -0.1) is 0 Å². The number of para-hydroxylation sites is 2. The van der Waals surface area contributed by atoms with Gasteiger partial charge in [0.2, 0.25) is 5.91 Å². The van der Waals surface area contributed by atoms with E-state index in [0.29, 0.717) is 35.0 Å². The van der Waals surface area contributed by atoms with Crippen molar-refractivity contribution in [2.75, 3.05) is 39.3 Å². The van der Waals surface area contributed by atoms with Crippen LogP contribution in [0.5, 0.6) is 17.2 Å². The van der Waals surface area contributed by atoms with E-state index >= 15 is 0 Å². The molecule has 0 aromatic heterocycles. The Kier molecular flexibility index (Phi) is 7.05. The van der Waals surface area contributed by atoms with Gasteiger partial charge in [0, 0.05) is 31.6 Å². The third-order valence-corrected chi connectivity index (χ3v) is 3.99. The molecule has 2 amide bonds. The molecule has 0 aliphatic heterocycles. The highest BCUT2D eigenvalue weighted by Gasteiger charge is 2.16. The maximum absolute atomic E-state index is 12.4. The predicted molar refractivity (Wildman–Crippen MR) is 103 cm³/mol. The van der Waals surface area contributed by atoms with Gasteiger partial charge in [0.15, 0.2) is 0 Å². The zero-order valence-electron chi connectivity index (χ0n) is 15.9. The van der Waals surface area contributed by atoms with E-state index in [9.17, 15) is 9.59 Å². The maximum Gasteiger partial charge on any atom is 0.251 e. The number of anilines is 1. The fraction of sp³-hybridized carbons (Fsp3) is 0.300. The molecule has 0 heterocycles. The van der Waals surface area contributed by atoms with Gasteiger partial charge in [0.25, 0.3) is 5.91 Å². The number of rotatable bonds is 8. The van der Waals surface area contributed by atoms with E-state index in [1.807, 2.05) is 12.1 Å². The third kappa shape index (κ3) is 5.13. The van der Waals surface area contributed by atoms with Gasteiger partial charge in [-0.05, 0) is 24.3 Å². The van der Waals surface area contributed by atoms with Gasteiger partial charge >= 0.3 is 0 Å². The average molecular weight is 372 g/mol. The highest BCUT2D eigenvalue weighted by molar-refractivity contribution is 5.96. The lowest BCUT2D eigenvalue weighted by Gasteiger charge is -2.23. The third-order valence-electron chi connectivity index (χ3n) is 3.99. The number of hydrogen-bond acceptors (Lipinski definition) is 5. The van der Waals surface area contributed by atoms with Crippen molar-refractivity contribution in [1.82, 2.24) is 5.32 Å². The van der Waals surface area contributed by atoms with Crippen LogP contribution in [0.2, 0.25) is 0 Å². The van der Waals surface area contributed by atoms with Gasteiger partial charge < -0.3 is 24.4 Å². The maximum atomic E-state index is 12.4. The first-order chi connectivity index (χ1) is 13.0. The Morgan fingerprint density at radius 2 is 1.59 bits per heavy atom. The number of benzene rings is 2. The van der Waals surface area contributed by atoms with Crippen LogP contribution >= 0.6 is 0 Å². The Labute approximate surface area is 158 Å². The fourth-order valence-corrected chi connectivity index (χ4v) is 2.62. The summed E-state index contributed by atoms with van der Waals surface area (Å²) in [5.41, 5.74) is 1.07. The summed E-state index contributed by atoms with van der Waals surface area (Å²) >= 11 is 0. The number of methoxy groups -OCH3 is 3. The normalized spacial score (nSPS) is 10.1. The summed E-state index contributed by atoms with van der Waals surface area (Å²) in [4.78, 5) is 26.1. The summed E-state index contributed by atoms with van der Waals surface area (Å²) in [7, 11) is 4.60. The summed E-state index contributed by atoms with van der Waals surface area (Å²) in [6.45, 7) is 2.06. The van der Waals surface area contributed by atoms with E-state index in [1.165, 1.54) is 21.1 Å². The summed E-state index contributed by atoms with van der Waals surface area (Å²) in [6, 6.07) is 12.2. The molecule has 0 aliphatic rings. The van der Waals surface area contributed by atoms with Crippen LogP contribution < -0.4 is 24.4 Å². The molecule has 0 aliphatic carbocycles. The monoisotopic (exact) mass is 372 g/mol. The van der Waals surface area contributed by atoms with Crippen molar-refractivity contribution in [1.29, 1.82) is 0 Å². The van der Waals surface area contributed by atoms with Gasteiger partial charge in [-0.1, -0.05) is 12.1 Å². The fourth-order valence-electron chi connectivity index (χ4n) is 2.62. The number of carbonyl (C=O) groups excluding carboxylic acids is 2. The van der Waals surface area contributed by atoms with Gasteiger partial charge in [-0.25, -0.2) is 0 Å². The van der Waals surface area contributed by atoms with Crippen LogP contribution in [-0.4, -0.2) is 46.2 Å². The molecule has 2 aromatic rings. The minimum atomic E-state index is -0.282. The first-order valence-corrected chi connectivity index (χ1v) is 8.42. The van der Waals surface area contributed by atoms with E-state index in [0.717, 1.165) is 0 Å². The van der Waals surface area contributed by atoms with Crippen LogP contribution in [-0.2, 0) is 4.79 Å². The second kappa shape index (κ2) is 9.47. The van der Waals surface area contributed by atoms with Crippen LogP contribution in [0.25, 0.3) is 0 Å². The second-order valence-corrected chi connectivity index (χ2v) is 5.70. The zero-order chi connectivity index (χ0) is 19.8. The van der Waals surface area contributed by atoms with Crippen LogP contribution in [0.1, 0.15) is 17.3 Å².